The molecule has 0 spiro atoms. The number of nitrogens with zero attached hydrogens (tertiary/aromatic N) is 1. The third kappa shape index (κ3) is 3.25. The van der Waals surface area contributed by atoms with Gasteiger partial charge in [-0.05, 0) is 45.7 Å². The van der Waals surface area contributed by atoms with Gasteiger partial charge in [0.15, 0.2) is 0 Å². The van der Waals surface area contributed by atoms with Crippen LogP contribution in [0.25, 0.3) is 0 Å². The third-order valence-electron chi connectivity index (χ3n) is 3.29. The molecule has 0 radical (unpaired) electrons. The predicted octanol–water partition coefficient (Wildman–Crippen LogP) is 2.97. The standard InChI is InChI=1S/C15H24N2O/c1-6-17(7-2)15(18)13(5)16-14-11(3)9-8-10-12(14)4/h8-10,13,16H,6-7H2,1-5H3. The number of rotatable bonds is 5. The first kappa shape index (κ1) is 14.6. The zero-order chi connectivity index (χ0) is 13.7. The van der Waals surface area contributed by atoms with Crippen molar-refractivity contribution >= 4 is 11.6 Å². The maximum atomic E-state index is 12.2. The molecule has 1 amide bonds. The summed E-state index contributed by atoms with van der Waals surface area (Å²) in [6.45, 7) is 11.6. The predicted molar refractivity (Wildman–Crippen MR) is 76.9 cm³/mol. The second-order valence-corrected chi connectivity index (χ2v) is 4.64. The fourth-order valence-electron chi connectivity index (χ4n) is 2.13. The minimum atomic E-state index is -0.190. The summed E-state index contributed by atoms with van der Waals surface area (Å²) < 4.78 is 0. The highest BCUT2D eigenvalue weighted by atomic mass is 16.2. The van der Waals surface area contributed by atoms with E-state index in [0.29, 0.717) is 0 Å². The second-order valence-electron chi connectivity index (χ2n) is 4.64. The fourth-order valence-corrected chi connectivity index (χ4v) is 2.13. The van der Waals surface area contributed by atoms with Gasteiger partial charge in [0.05, 0.1) is 0 Å². The average Bonchev–Trinajstić information content (AvgIpc) is 2.35. The first-order valence-electron chi connectivity index (χ1n) is 6.62. The van der Waals surface area contributed by atoms with Crippen molar-refractivity contribution in [2.45, 2.75) is 40.7 Å². The van der Waals surface area contributed by atoms with Gasteiger partial charge in [0.2, 0.25) is 5.91 Å². The Labute approximate surface area is 110 Å². The molecule has 1 aromatic rings. The first-order chi connectivity index (χ1) is 8.51. The molecule has 1 aromatic carbocycles. The molecule has 0 aromatic heterocycles. The number of aryl methyl sites for hydroxylation is 2. The Hall–Kier alpha value is -1.51. The number of benzene rings is 1. The van der Waals surface area contributed by atoms with Crippen LogP contribution in [0.1, 0.15) is 31.9 Å². The molecular formula is C15H24N2O. The lowest BCUT2D eigenvalue weighted by molar-refractivity contribution is -0.131. The molecular weight excluding hydrogens is 224 g/mol. The van der Waals surface area contributed by atoms with Crippen molar-refractivity contribution < 1.29 is 4.79 Å². The van der Waals surface area contributed by atoms with Crippen molar-refractivity contribution in [3.8, 4) is 0 Å². The zero-order valence-corrected chi connectivity index (χ0v) is 12.1. The quantitative estimate of drug-likeness (QED) is 0.869. The van der Waals surface area contributed by atoms with Gasteiger partial charge < -0.3 is 10.2 Å². The van der Waals surface area contributed by atoms with Crippen LogP contribution in [0.15, 0.2) is 18.2 Å². The van der Waals surface area contributed by atoms with Gasteiger partial charge in [0, 0.05) is 18.8 Å². The molecule has 1 N–H and O–H groups in total. The Kier molecular flexibility index (Phi) is 5.20. The van der Waals surface area contributed by atoms with Gasteiger partial charge in [-0.25, -0.2) is 0 Å². The normalized spacial score (nSPS) is 12.1. The number of nitrogens with one attached hydrogen (secondary N) is 1. The van der Waals surface area contributed by atoms with Crippen LogP contribution in [0.2, 0.25) is 0 Å². The van der Waals surface area contributed by atoms with E-state index in [4.69, 9.17) is 0 Å². The molecule has 0 heterocycles. The first-order valence-corrected chi connectivity index (χ1v) is 6.62. The van der Waals surface area contributed by atoms with Crippen molar-refractivity contribution in [1.82, 2.24) is 4.90 Å². The van der Waals surface area contributed by atoms with Crippen LogP contribution in [0.3, 0.4) is 0 Å². The van der Waals surface area contributed by atoms with E-state index in [9.17, 15) is 4.79 Å². The van der Waals surface area contributed by atoms with Crippen molar-refractivity contribution in [2.75, 3.05) is 18.4 Å². The molecule has 3 nitrogen and oxygen atoms in total. The molecule has 18 heavy (non-hydrogen) atoms. The Balaban J connectivity index is 2.81. The van der Waals surface area contributed by atoms with E-state index in [1.807, 2.05) is 31.7 Å². The van der Waals surface area contributed by atoms with Crippen molar-refractivity contribution in [1.29, 1.82) is 0 Å². The topological polar surface area (TPSA) is 32.3 Å². The number of hydrogen-bond donors (Lipinski definition) is 1. The van der Waals surface area contributed by atoms with Gasteiger partial charge in [-0.2, -0.15) is 0 Å². The number of likely N-dealkylation sites (N-methyl/N-ethyl adjacent to an activating group) is 1. The summed E-state index contributed by atoms with van der Waals surface area (Å²) in [6, 6.07) is 5.96. The number of hydrogen-bond acceptors (Lipinski definition) is 2. The Morgan fingerprint density at radius 1 is 1.22 bits per heavy atom. The van der Waals surface area contributed by atoms with Gasteiger partial charge in [-0.15, -0.1) is 0 Å². The monoisotopic (exact) mass is 248 g/mol. The summed E-state index contributed by atoms with van der Waals surface area (Å²) in [5.41, 5.74) is 3.42. The van der Waals surface area contributed by atoms with Crippen LogP contribution < -0.4 is 5.32 Å². The van der Waals surface area contributed by atoms with Gasteiger partial charge >= 0.3 is 0 Å². The van der Waals surface area contributed by atoms with Crippen LogP contribution in [0.5, 0.6) is 0 Å². The highest BCUT2D eigenvalue weighted by Crippen LogP contribution is 2.20. The van der Waals surface area contributed by atoms with Gasteiger partial charge in [0.25, 0.3) is 0 Å². The summed E-state index contributed by atoms with van der Waals surface area (Å²) in [6.07, 6.45) is 0. The summed E-state index contributed by atoms with van der Waals surface area (Å²) in [5, 5.41) is 3.34. The fraction of sp³-hybridized carbons (Fsp3) is 0.533. The molecule has 0 saturated carbocycles. The molecule has 0 aliphatic carbocycles. The average molecular weight is 248 g/mol. The van der Waals surface area contributed by atoms with Crippen LogP contribution in [-0.2, 0) is 4.79 Å². The van der Waals surface area contributed by atoms with E-state index >= 15 is 0 Å². The molecule has 1 atom stereocenters. The Bertz CT molecular complexity index is 391. The number of carbonyl (C=O) groups is 1. The third-order valence-corrected chi connectivity index (χ3v) is 3.29. The molecule has 0 aliphatic rings. The maximum Gasteiger partial charge on any atom is 0.244 e. The summed E-state index contributed by atoms with van der Waals surface area (Å²) >= 11 is 0. The highest BCUT2D eigenvalue weighted by molar-refractivity contribution is 5.84. The smallest absolute Gasteiger partial charge is 0.244 e. The van der Waals surface area contributed by atoms with Crippen molar-refractivity contribution in [3.63, 3.8) is 0 Å². The lowest BCUT2D eigenvalue weighted by Gasteiger charge is -2.25. The summed E-state index contributed by atoms with van der Waals surface area (Å²) in [7, 11) is 0. The zero-order valence-electron chi connectivity index (χ0n) is 12.1. The Morgan fingerprint density at radius 3 is 2.17 bits per heavy atom. The molecule has 1 unspecified atom stereocenters. The minimum absolute atomic E-state index is 0.155. The maximum absolute atomic E-state index is 12.2. The lowest BCUT2D eigenvalue weighted by atomic mass is 10.1. The number of amides is 1. The SMILES string of the molecule is CCN(CC)C(=O)C(C)Nc1c(C)cccc1C. The van der Waals surface area contributed by atoms with Gasteiger partial charge in [0.1, 0.15) is 6.04 Å². The van der Waals surface area contributed by atoms with E-state index in [1.54, 1.807) is 0 Å². The van der Waals surface area contributed by atoms with Crippen LogP contribution in [0, 0.1) is 13.8 Å². The van der Waals surface area contributed by atoms with Gasteiger partial charge in [-0.1, -0.05) is 18.2 Å². The molecule has 100 valence electrons. The number of para-hydroxylation sites is 1. The lowest BCUT2D eigenvalue weighted by Crippen LogP contribution is -2.41. The van der Waals surface area contributed by atoms with Crippen LogP contribution in [-0.4, -0.2) is 29.9 Å². The van der Waals surface area contributed by atoms with Crippen molar-refractivity contribution in [2.24, 2.45) is 0 Å². The van der Waals surface area contributed by atoms with Gasteiger partial charge in [-0.3, -0.25) is 4.79 Å². The van der Waals surface area contributed by atoms with E-state index in [0.717, 1.165) is 18.8 Å². The molecule has 1 rings (SSSR count). The summed E-state index contributed by atoms with van der Waals surface area (Å²) in [4.78, 5) is 14.0. The van der Waals surface area contributed by atoms with Crippen LogP contribution >= 0.6 is 0 Å². The van der Waals surface area contributed by atoms with E-state index in [2.05, 4.69) is 31.3 Å². The molecule has 3 heteroatoms. The largest absolute Gasteiger partial charge is 0.373 e. The summed E-state index contributed by atoms with van der Waals surface area (Å²) in [5.74, 6) is 0.155. The minimum Gasteiger partial charge on any atom is -0.373 e. The number of carbonyl (C=O) groups excluding carboxylic acids is 1. The molecule has 0 fully saturated rings. The van der Waals surface area contributed by atoms with Crippen molar-refractivity contribution in [3.05, 3.63) is 29.3 Å². The highest BCUT2D eigenvalue weighted by Gasteiger charge is 2.18. The molecule has 0 saturated heterocycles. The van der Waals surface area contributed by atoms with E-state index in [-0.39, 0.29) is 11.9 Å². The van der Waals surface area contributed by atoms with Crippen LogP contribution in [0.4, 0.5) is 5.69 Å². The molecule has 0 bridgehead atoms. The number of anilines is 1. The Morgan fingerprint density at radius 2 is 1.72 bits per heavy atom. The second kappa shape index (κ2) is 6.43. The van der Waals surface area contributed by atoms with E-state index in [1.165, 1.54) is 11.1 Å². The molecule has 0 aliphatic heterocycles. The van der Waals surface area contributed by atoms with E-state index < -0.39 is 0 Å².